The van der Waals surface area contributed by atoms with Crippen LogP contribution in [0.2, 0.25) is 0 Å². The summed E-state index contributed by atoms with van der Waals surface area (Å²) in [6, 6.07) is 27.7. The lowest BCUT2D eigenvalue weighted by Crippen LogP contribution is -2.14. The minimum Gasteiger partial charge on any atom is -0.493 e. The van der Waals surface area contributed by atoms with Crippen molar-refractivity contribution in [2.24, 2.45) is 0 Å². The van der Waals surface area contributed by atoms with Gasteiger partial charge in [-0.3, -0.25) is 4.79 Å². The molecular formula is C42H36O8S. The standard InChI is InChI=1S/C42H36O8S/c1-4-40(44)49-25-5-24-48-39-23-22-38(28-30(39)2)51-42(46)36-18-14-34(15-19-36)12-10-32-6-8-33(9-7-32)11-13-35-16-20-37(21-17-35)47-26-27-50-41(45)31(3)29-43/h4,6-9,14-23,28,43H,1,3,5,24-27,29H2,2H3. The van der Waals surface area contributed by atoms with Crippen molar-refractivity contribution in [1.82, 2.24) is 0 Å². The van der Waals surface area contributed by atoms with Crippen LogP contribution >= 0.6 is 11.8 Å². The third kappa shape index (κ3) is 12.8. The second kappa shape index (κ2) is 19.9. The highest BCUT2D eigenvalue weighted by Crippen LogP contribution is 2.28. The summed E-state index contributed by atoms with van der Waals surface area (Å²) in [6.45, 7) is 9.12. The number of aliphatic hydroxyl groups excluding tert-OH is 1. The van der Waals surface area contributed by atoms with Crippen molar-refractivity contribution in [3.05, 3.63) is 149 Å². The summed E-state index contributed by atoms with van der Waals surface area (Å²) in [6.07, 6.45) is 1.69. The summed E-state index contributed by atoms with van der Waals surface area (Å²) in [5.41, 5.74) is 4.76. The van der Waals surface area contributed by atoms with Crippen LogP contribution in [0.4, 0.5) is 0 Å². The first-order valence-corrected chi connectivity index (χ1v) is 16.7. The van der Waals surface area contributed by atoms with E-state index in [9.17, 15) is 14.4 Å². The Hall–Kier alpha value is -6.00. The van der Waals surface area contributed by atoms with Crippen molar-refractivity contribution in [1.29, 1.82) is 0 Å². The van der Waals surface area contributed by atoms with E-state index in [0.29, 0.717) is 30.1 Å². The largest absolute Gasteiger partial charge is 0.493 e. The molecule has 0 saturated heterocycles. The van der Waals surface area contributed by atoms with Crippen LogP contribution in [0.3, 0.4) is 0 Å². The van der Waals surface area contributed by atoms with Crippen molar-refractivity contribution < 1.29 is 38.4 Å². The molecule has 51 heavy (non-hydrogen) atoms. The van der Waals surface area contributed by atoms with Crippen molar-refractivity contribution in [3.63, 3.8) is 0 Å². The molecule has 0 atom stereocenters. The van der Waals surface area contributed by atoms with Crippen LogP contribution in [0.25, 0.3) is 0 Å². The zero-order chi connectivity index (χ0) is 36.4. The third-order valence-corrected chi connectivity index (χ3v) is 7.85. The van der Waals surface area contributed by atoms with Gasteiger partial charge < -0.3 is 24.1 Å². The number of aryl methyl sites for hydroxylation is 1. The van der Waals surface area contributed by atoms with Gasteiger partial charge in [0.15, 0.2) is 0 Å². The molecule has 0 fully saturated rings. The SMILES string of the molecule is C=CC(=O)OCCCOc1ccc(SC(=O)c2ccc(C#Cc3ccc(C#Cc4ccc(OCCOC(=O)C(=C)CO)cc4)cc3)cc2)cc1C. The van der Waals surface area contributed by atoms with E-state index in [1.165, 1.54) is 0 Å². The summed E-state index contributed by atoms with van der Waals surface area (Å²) < 4.78 is 21.2. The Kier molecular flexibility index (Phi) is 14.7. The number of ether oxygens (including phenoxy) is 4. The minimum absolute atomic E-state index is 0.00335. The van der Waals surface area contributed by atoms with E-state index in [2.05, 4.69) is 36.8 Å². The highest BCUT2D eigenvalue weighted by atomic mass is 32.2. The van der Waals surface area contributed by atoms with Gasteiger partial charge in [-0.2, -0.15) is 0 Å². The number of aliphatic hydroxyl groups is 1. The van der Waals surface area contributed by atoms with Gasteiger partial charge in [0, 0.05) is 45.2 Å². The van der Waals surface area contributed by atoms with Gasteiger partial charge in [-0.25, -0.2) is 9.59 Å². The first-order valence-electron chi connectivity index (χ1n) is 15.9. The highest BCUT2D eigenvalue weighted by Gasteiger charge is 2.10. The highest BCUT2D eigenvalue weighted by molar-refractivity contribution is 8.14. The molecule has 4 aromatic carbocycles. The molecule has 1 N–H and O–H groups in total. The fourth-order valence-corrected chi connectivity index (χ4v) is 5.04. The average Bonchev–Trinajstić information content (AvgIpc) is 3.16. The monoisotopic (exact) mass is 700 g/mol. The molecule has 4 rings (SSSR count). The van der Waals surface area contributed by atoms with Gasteiger partial charge in [0.2, 0.25) is 5.12 Å². The molecule has 0 saturated carbocycles. The van der Waals surface area contributed by atoms with Gasteiger partial charge in [0.05, 0.1) is 25.4 Å². The fraction of sp³-hybridized carbons (Fsp3) is 0.167. The molecule has 0 aliphatic rings. The molecule has 0 aliphatic heterocycles. The van der Waals surface area contributed by atoms with E-state index in [1.807, 2.05) is 73.7 Å². The van der Waals surface area contributed by atoms with E-state index in [0.717, 1.165) is 50.6 Å². The van der Waals surface area contributed by atoms with Crippen LogP contribution in [-0.4, -0.2) is 55.2 Å². The van der Waals surface area contributed by atoms with Crippen LogP contribution in [0.15, 0.2) is 121 Å². The van der Waals surface area contributed by atoms with Crippen LogP contribution < -0.4 is 9.47 Å². The second-order valence-corrected chi connectivity index (χ2v) is 11.9. The summed E-state index contributed by atoms with van der Waals surface area (Å²) in [7, 11) is 0. The smallest absolute Gasteiger partial charge is 0.335 e. The van der Waals surface area contributed by atoms with Gasteiger partial charge in [0.25, 0.3) is 0 Å². The van der Waals surface area contributed by atoms with Crippen molar-refractivity contribution >= 4 is 28.8 Å². The predicted molar refractivity (Wildman–Crippen MR) is 197 cm³/mol. The first kappa shape index (κ1) is 37.8. The molecule has 0 aromatic heterocycles. The zero-order valence-corrected chi connectivity index (χ0v) is 28.9. The minimum atomic E-state index is -0.648. The molecule has 0 radical (unpaired) electrons. The molecule has 4 aromatic rings. The molecule has 0 aliphatic carbocycles. The second-order valence-electron chi connectivity index (χ2n) is 10.8. The molecule has 0 unspecified atom stereocenters. The topological polar surface area (TPSA) is 108 Å². The summed E-state index contributed by atoms with van der Waals surface area (Å²) in [4.78, 5) is 36.3. The summed E-state index contributed by atoms with van der Waals surface area (Å²) in [5, 5.41) is 8.81. The Morgan fingerprint density at radius 1 is 0.725 bits per heavy atom. The molecule has 9 heteroatoms. The lowest BCUT2D eigenvalue weighted by Gasteiger charge is -2.10. The van der Waals surface area contributed by atoms with Gasteiger partial charge >= 0.3 is 11.9 Å². The molecule has 0 amide bonds. The molecular weight excluding hydrogens is 665 g/mol. The molecule has 0 heterocycles. The number of carbonyl (C=O) groups is 3. The quantitative estimate of drug-likeness (QED) is 0.0506. The maximum atomic E-state index is 12.9. The fourth-order valence-electron chi connectivity index (χ4n) is 4.20. The maximum absolute atomic E-state index is 12.9. The Balaban J connectivity index is 1.22. The number of benzene rings is 4. The number of thioether (sulfide) groups is 1. The van der Waals surface area contributed by atoms with E-state index < -0.39 is 18.5 Å². The van der Waals surface area contributed by atoms with Gasteiger partial charge in [-0.15, -0.1) is 0 Å². The number of carbonyl (C=O) groups excluding carboxylic acids is 3. The summed E-state index contributed by atoms with van der Waals surface area (Å²) in [5.74, 6) is 12.8. The number of hydrogen-bond acceptors (Lipinski definition) is 9. The van der Waals surface area contributed by atoms with Gasteiger partial charge in [-0.1, -0.05) is 36.8 Å². The Labute approximate surface area is 302 Å². The Morgan fingerprint density at radius 3 is 1.84 bits per heavy atom. The van der Waals surface area contributed by atoms with Crippen LogP contribution in [-0.2, 0) is 19.1 Å². The lowest BCUT2D eigenvalue weighted by molar-refractivity contribution is -0.140. The zero-order valence-electron chi connectivity index (χ0n) is 28.1. The molecule has 0 bridgehead atoms. The molecule has 8 nitrogen and oxygen atoms in total. The molecule has 0 spiro atoms. The van der Waals surface area contributed by atoms with Crippen LogP contribution in [0, 0.1) is 30.6 Å². The molecule has 258 valence electrons. The van der Waals surface area contributed by atoms with Gasteiger partial charge in [0.1, 0.15) is 24.7 Å². The van der Waals surface area contributed by atoms with Crippen molar-refractivity contribution in [2.45, 2.75) is 18.2 Å². The van der Waals surface area contributed by atoms with E-state index in [4.69, 9.17) is 24.1 Å². The van der Waals surface area contributed by atoms with Gasteiger partial charge in [-0.05, 0) is 115 Å². The van der Waals surface area contributed by atoms with E-state index in [1.54, 1.807) is 24.3 Å². The average molecular weight is 701 g/mol. The Bertz CT molecular complexity index is 1970. The maximum Gasteiger partial charge on any atom is 0.335 e. The van der Waals surface area contributed by atoms with E-state index >= 15 is 0 Å². The third-order valence-electron chi connectivity index (χ3n) is 6.94. The number of esters is 2. The first-order chi connectivity index (χ1) is 24.7. The number of hydrogen-bond donors (Lipinski definition) is 1. The van der Waals surface area contributed by atoms with Crippen LogP contribution in [0.1, 0.15) is 44.6 Å². The Morgan fingerprint density at radius 2 is 1.29 bits per heavy atom. The van der Waals surface area contributed by atoms with Crippen molar-refractivity contribution in [2.75, 3.05) is 33.0 Å². The van der Waals surface area contributed by atoms with E-state index in [-0.39, 0.29) is 30.5 Å². The predicted octanol–water partition coefficient (Wildman–Crippen LogP) is 6.70. The lowest BCUT2D eigenvalue weighted by atomic mass is 10.1. The van der Waals surface area contributed by atoms with Crippen LogP contribution in [0.5, 0.6) is 11.5 Å². The normalized spacial score (nSPS) is 10.0. The van der Waals surface area contributed by atoms with Crippen molar-refractivity contribution in [3.8, 4) is 35.2 Å². The summed E-state index contributed by atoms with van der Waals surface area (Å²) >= 11 is 1.15. The number of rotatable bonds is 14.